The highest BCUT2D eigenvalue weighted by atomic mass is 16.5. The van der Waals surface area contributed by atoms with Gasteiger partial charge in [-0.2, -0.15) is 4.98 Å². The van der Waals surface area contributed by atoms with Crippen LogP contribution in [0.3, 0.4) is 0 Å². The molecule has 1 aromatic heterocycles. The molecular formula is C17H18N4O. The molecule has 2 N–H and O–H groups in total. The molecule has 0 bridgehead atoms. The van der Waals surface area contributed by atoms with Gasteiger partial charge < -0.3 is 15.4 Å². The summed E-state index contributed by atoms with van der Waals surface area (Å²) in [7, 11) is 3.47. The first-order valence-electron chi connectivity index (χ1n) is 7.11. The maximum atomic E-state index is 5.30. The lowest BCUT2D eigenvalue weighted by atomic mass is 10.2. The molecule has 3 aromatic rings. The number of rotatable bonds is 5. The fourth-order valence-corrected chi connectivity index (χ4v) is 2.26. The summed E-state index contributed by atoms with van der Waals surface area (Å²) in [6.07, 6.45) is 0. The van der Waals surface area contributed by atoms with Crippen LogP contribution in [0.1, 0.15) is 5.56 Å². The van der Waals surface area contributed by atoms with E-state index in [1.807, 2.05) is 43.4 Å². The third-order valence-corrected chi connectivity index (χ3v) is 3.43. The Balaban J connectivity index is 1.98. The molecular weight excluding hydrogens is 276 g/mol. The summed E-state index contributed by atoms with van der Waals surface area (Å²) in [6, 6.07) is 16.0. The second-order valence-electron chi connectivity index (χ2n) is 4.87. The number of benzene rings is 2. The zero-order chi connectivity index (χ0) is 15.4. The number of fused-ring (bicyclic) bond motifs is 1. The van der Waals surface area contributed by atoms with Gasteiger partial charge in [0.15, 0.2) is 0 Å². The summed E-state index contributed by atoms with van der Waals surface area (Å²) in [5.41, 5.74) is 2.07. The lowest BCUT2D eigenvalue weighted by Gasteiger charge is -2.11. The van der Waals surface area contributed by atoms with Crippen LogP contribution in [0.5, 0.6) is 5.75 Å². The highest BCUT2D eigenvalue weighted by Crippen LogP contribution is 2.26. The van der Waals surface area contributed by atoms with E-state index in [1.54, 1.807) is 7.11 Å². The van der Waals surface area contributed by atoms with Crippen molar-refractivity contribution in [2.75, 3.05) is 24.8 Å². The number of nitrogens with one attached hydrogen (secondary N) is 2. The minimum atomic E-state index is 0.591. The molecule has 0 aliphatic heterocycles. The molecule has 0 atom stereocenters. The molecule has 2 aromatic carbocycles. The maximum Gasteiger partial charge on any atom is 0.224 e. The quantitative estimate of drug-likeness (QED) is 0.756. The van der Waals surface area contributed by atoms with Crippen LogP contribution in [-0.2, 0) is 6.54 Å². The van der Waals surface area contributed by atoms with E-state index in [0.717, 1.165) is 22.5 Å². The number of hydrogen-bond donors (Lipinski definition) is 2. The van der Waals surface area contributed by atoms with Gasteiger partial charge in [0.1, 0.15) is 11.6 Å². The van der Waals surface area contributed by atoms with Crippen LogP contribution in [0.15, 0.2) is 48.5 Å². The Morgan fingerprint density at radius 3 is 2.59 bits per heavy atom. The molecule has 5 nitrogen and oxygen atoms in total. The van der Waals surface area contributed by atoms with E-state index in [9.17, 15) is 0 Å². The lowest BCUT2D eigenvalue weighted by molar-refractivity contribution is 0.415. The summed E-state index contributed by atoms with van der Waals surface area (Å²) < 4.78 is 5.30. The number of nitrogens with zero attached hydrogens (tertiary/aromatic N) is 2. The van der Waals surface area contributed by atoms with Crippen molar-refractivity contribution in [3.8, 4) is 5.75 Å². The molecule has 3 rings (SSSR count). The average molecular weight is 294 g/mol. The van der Waals surface area contributed by atoms with E-state index in [2.05, 4.69) is 32.7 Å². The van der Waals surface area contributed by atoms with Crippen LogP contribution < -0.4 is 15.4 Å². The standard InChI is InChI=1S/C17H18N4O/c1-18-17-20-15-9-8-13(22-2)10-14(15)16(21-17)19-11-12-6-4-3-5-7-12/h3-10H,11H2,1-2H3,(H2,18,19,20,21). The average Bonchev–Trinajstić information content (AvgIpc) is 2.59. The zero-order valence-electron chi connectivity index (χ0n) is 12.6. The molecule has 1 heterocycles. The first-order chi connectivity index (χ1) is 10.8. The maximum absolute atomic E-state index is 5.30. The molecule has 112 valence electrons. The van der Waals surface area contributed by atoms with Gasteiger partial charge in [0.25, 0.3) is 0 Å². The molecule has 0 unspecified atom stereocenters. The van der Waals surface area contributed by atoms with Gasteiger partial charge in [-0.25, -0.2) is 4.98 Å². The van der Waals surface area contributed by atoms with Crippen LogP contribution in [0.25, 0.3) is 10.9 Å². The molecule has 0 fully saturated rings. The summed E-state index contributed by atoms with van der Waals surface area (Å²) in [6.45, 7) is 0.702. The molecule has 22 heavy (non-hydrogen) atoms. The predicted octanol–water partition coefficient (Wildman–Crippen LogP) is 3.29. The van der Waals surface area contributed by atoms with Crippen molar-refractivity contribution in [1.29, 1.82) is 0 Å². The zero-order valence-corrected chi connectivity index (χ0v) is 12.6. The van der Waals surface area contributed by atoms with Crippen LogP contribution in [0, 0.1) is 0 Å². The van der Waals surface area contributed by atoms with Crippen LogP contribution in [0.2, 0.25) is 0 Å². The molecule has 0 radical (unpaired) electrons. The Bertz CT molecular complexity index is 774. The highest BCUT2D eigenvalue weighted by Gasteiger charge is 2.08. The minimum Gasteiger partial charge on any atom is -0.497 e. The second-order valence-corrected chi connectivity index (χ2v) is 4.87. The first-order valence-corrected chi connectivity index (χ1v) is 7.11. The van der Waals surface area contributed by atoms with Crippen molar-refractivity contribution < 1.29 is 4.74 Å². The number of anilines is 2. The number of hydrogen-bond acceptors (Lipinski definition) is 5. The monoisotopic (exact) mass is 294 g/mol. The third-order valence-electron chi connectivity index (χ3n) is 3.43. The van der Waals surface area contributed by atoms with E-state index in [-0.39, 0.29) is 0 Å². The smallest absolute Gasteiger partial charge is 0.224 e. The molecule has 5 heteroatoms. The van der Waals surface area contributed by atoms with Crippen molar-refractivity contribution >= 4 is 22.7 Å². The number of ether oxygens (including phenoxy) is 1. The third kappa shape index (κ3) is 2.93. The van der Waals surface area contributed by atoms with Crippen molar-refractivity contribution in [3.05, 3.63) is 54.1 Å². The van der Waals surface area contributed by atoms with Gasteiger partial charge in [0.05, 0.1) is 12.6 Å². The summed E-state index contributed by atoms with van der Waals surface area (Å²) in [4.78, 5) is 8.99. The Hall–Kier alpha value is -2.82. The molecule has 0 aliphatic rings. The highest BCUT2D eigenvalue weighted by molar-refractivity contribution is 5.91. The Labute approximate surface area is 129 Å². The predicted molar refractivity (Wildman–Crippen MR) is 89.4 cm³/mol. The van der Waals surface area contributed by atoms with Gasteiger partial charge in [-0.1, -0.05) is 30.3 Å². The van der Waals surface area contributed by atoms with Gasteiger partial charge in [-0.15, -0.1) is 0 Å². The van der Waals surface area contributed by atoms with E-state index < -0.39 is 0 Å². The van der Waals surface area contributed by atoms with Crippen molar-refractivity contribution in [2.24, 2.45) is 0 Å². The van der Waals surface area contributed by atoms with Gasteiger partial charge in [-0.3, -0.25) is 0 Å². The molecule has 0 saturated heterocycles. The van der Waals surface area contributed by atoms with Gasteiger partial charge in [-0.05, 0) is 23.8 Å². The van der Waals surface area contributed by atoms with E-state index >= 15 is 0 Å². The topological polar surface area (TPSA) is 59.1 Å². The summed E-state index contributed by atoms with van der Waals surface area (Å²) in [5, 5.41) is 7.32. The Morgan fingerprint density at radius 1 is 1.05 bits per heavy atom. The van der Waals surface area contributed by atoms with Crippen molar-refractivity contribution in [1.82, 2.24) is 9.97 Å². The van der Waals surface area contributed by atoms with Gasteiger partial charge >= 0.3 is 0 Å². The Kier molecular flexibility index (Phi) is 4.05. The largest absolute Gasteiger partial charge is 0.497 e. The fraction of sp³-hybridized carbons (Fsp3) is 0.176. The lowest BCUT2D eigenvalue weighted by Crippen LogP contribution is -2.05. The Morgan fingerprint density at radius 2 is 1.86 bits per heavy atom. The molecule has 0 amide bonds. The van der Waals surface area contributed by atoms with E-state index in [1.165, 1.54) is 5.56 Å². The van der Waals surface area contributed by atoms with E-state index in [4.69, 9.17) is 4.74 Å². The van der Waals surface area contributed by atoms with Crippen molar-refractivity contribution in [2.45, 2.75) is 6.54 Å². The summed E-state index contributed by atoms with van der Waals surface area (Å²) >= 11 is 0. The summed E-state index contributed by atoms with van der Waals surface area (Å²) in [5.74, 6) is 2.17. The second kappa shape index (κ2) is 6.30. The SMILES string of the molecule is CNc1nc(NCc2ccccc2)c2cc(OC)ccc2n1. The van der Waals surface area contributed by atoms with Crippen LogP contribution >= 0.6 is 0 Å². The van der Waals surface area contributed by atoms with Crippen molar-refractivity contribution in [3.63, 3.8) is 0 Å². The fourth-order valence-electron chi connectivity index (χ4n) is 2.26. The molecule has 0 saturated carbocycles. The van der Waals surface area contributed by atoms with E-state index in [0.29, 0.717) is 12.5 Å². The number of aromatic nitrogens is 2. The first kappa shape index (κ1) is 14.1. The normalized spacial score (nSPS) is 10.5. The van der Waals surface area contributed by atoms with Gasteiger partial charge in [0, 0.05) is 19.0 Å². The van der Waals surface area contributed by atoms with Gasteiger partial charge in [0.2, 0.25) is 5.95 Å². The number of methoxy groups -OCH3 is 1. The van der Waals surface area contributed by atoms with Crippen LogP contribution in [-0.4, -0.2) is 24.1 Å². The van der Waals surface area contributed by atoms with Crippen LogP contribution in [0.4, 0.5) is 11.8 Å². The molecule has 0 spiro atoms. The minimum absolute atomic E-state index is 0.591. The molecule has 0 aliphatic carbocycles.